The van der Waals surface area contributed by atoms with Crippen molar-refractivity contribution in [2.45, 2.75) is 12.8 Å². The predicted octanol–water partition coefficient (Wildman–Crippen LogP) is 4.38. The smallest absolute Gasteiger partial charge is 0.231 e. The molecule has 0 bridgehead atoms. The second kappa shape index (κ2) is 7.03. The Morgan fingerprint density at radius 2 is 1.85 bits per heavy atom. The molecule has 0 saturated carbocycles. The summed E-state index contributed by atoms with van der Waals surface area (Å²) in [5.74, 6) is -0.251. The van der Waals surface area contributed by atoms with Gasteiger partial charge >= 0.3 is 0 Å². The van der Waals surface area contributed by atoms with Crippen LogP contribution in [0.15, 0.2) is 73.2 Å². The molecule has 0 aliphatic carbocycles. The molecule has 1 unspecified atom stereocenters. The van der Waals surface area contributed by atoms with Crippen molar-refractivity contribution in [3.8, 4) is 11.1 Å². The summed E-state index contributed by atoms with van der Waals surface area (Å²) in [5.41, 5.74) is 4.66. The molecular weight excluding hydrogens is 336 g/mol. The lowest BCUT2D eigenvalue weighted by molar-refractivity contribution is -0.117. The average molecular weight is 356 g/mol. The van der Waals surface area contributed by atoms with Gasteiger partial charge in [-0.2, -0.15) is 5.10 Å². The Morgan fingerprint density at radius 1 is 1.04 bits per heavy atom. The molecule has 0 aliphatic heterocycles. The lowest BCUT2D eigenvalue weighted by Gasteiger charge is -2.13. The Hall–Kier alpha value is -3.47. The number of nitrogens with one attached hydrogen (secondary N) is 1. The summed E-state index contributed by atoms with van der Waals surface area (Å²) in [6, 6.07) is 17.6. The molecule has 2 aromatic carbocycles. The number of amides is 1. The fourth-order valence-corrected chi connectivity index (χ4v) is 3.08. The minimum absolute atomic E-state index is 0.0306. The molecule has 0 radical (unpaired) electrons. The number of nitrogens with zero attached hydrogens (tertiary/aromatic N) is 3. The Bertz CT molecular complexity index is 1100. The van der Waals surface area contributed by atoms with E-state index in [1.54, 1.807) is 4.68 Å². The number of carbonyl (C=O) groups excluding carboxylic acids is 1. The van der Waals surface area contributed by atoms with Crippen LogP contribution in [-0.2, 0) is 11.8 Å². The highest BCUT2D eigenvalue weighted by Crippen LogP contribution is 2.25. The highest BCUT2D eigenvalue weighted by molar-refractivity contribution is 5.97. The number of pyridine rings is 1. The van der Waals surface area contributed by atoms with Crippen molar-refractivity contribution < 1.29 is 4.79 Å². The number of carbonyl (C=O) groups is 1. The summed E-state index contributed by atoms with van der Waals surface area (Å²) in [6.07, 6.45) is 5.61. The van der Waals surface area contributed by atoms with Gasteiger partial charge in [-0.1, -0.05) is 30.3 Å². The van der Waals surface area contributed by atoms with Crippen LogP contribution in [0, 0.1) is 0 Å². The van der Waals surface area contributed by atoms with Crippen molar-refractivity contribution in [1.29, 1.82) is 0 Å². The van der Waals surface area contributed by atoms with Crippen molar-refractivity contribution in [2.24, 2.45) is 7.05 Å². The van der Waals surface area contributed by atoms with Gasteiger partial charge in [-0.25, -0.2) is 0 Å². The molecule has 1 N–H and O–H groups in total. The van der Waals surface area contributed by atoms with Crippen LogP contribution in [-0.4, -0.2) is 20.7 Å². The Kier molecular flexibility index (Phi) is 4.42. The molecule has 27 heavy (non-hydrogen) atoms. The number of benzene rings is 2. The third-order valence-corrected chi connectivity index (χ3v) is 4.68. The summed E-state index contributed by atoms with van der Waals surface area (Å²) in [4.78, 5) is 17.1. The van der Waals surface area contributed by atoms with Gasteiger partial charge in [-0.05, 0) is 36.8 Å². The van der Waals surface area contributed by atoms with Crippen LogP contribution in [0.5, 0.6) is 0 Å². The third kappa shape index (κ3) is 3.58. The van der Waals surface area contributed by atoms with Crippen molar-refractivity contribution >= 4 is 22.5 Å². The van der Waals surface area contributed by atoms with E-state index in [4.69, 9.17) is 0 Å². The lowest BCUT2D eigenvalue weighted by atomic mass is 10.0. The molecule has 0 aliphatic rings. The number of aryl methyl sites for hydroxylation is 1. The summed E-state index contributed by atoms with van der Waals surface area (Å²) < 4.78 is 1.77. The zero-order chi connectivity index (χ0) is 18.8. The molecule has 2 aromatic heterocycles. The van der Waals surface area contributed by atoms with Crippen LogP contribution in [0.4, 0.5) is 5.69 Å². The van der Waals surface area contributed by atoms with Gasteiger partial charge in [0.15, 0.2) is 0 Å². The fraction of sp³-hybridized carbons (Fsp3) is 0.136. The van der Waals surface area contributed by atoms with Gasteiger partial charge in [0.05, 0.1) is 17.6 Å². The minimum Gasteiger partial charge on any atom is -0.326 e. The van der Waals surface area contributed by atoms with Gasteiger partial charge in [0.2, 0.25) is 5.91 Å². The number of aromatic nitrogens is 3. The Morgan fingerprint density at radius 3 is 2.59 bits per heavy atom. The van der Waals surface area contributed by atoms with E-state index in [0.29, 0.717) is 0 Å². The average Bonchev–Trinajstić information content (AvgIpc) is 3.14. The molecular formula is C22H20N4O. The topological polar surface area (TPSA) is 59.8 Å². The molecule has 2 heterocycles. The van der Waals surface area contributed by atoms with Crippen LogP contribution >= 0.6 is 0 Å². The maximum atomic E-state index is 12.6. The SMILES string of the molecule is CC(C(=O)Nc1ccc2ncc(-c3cnn(C)c3)cc2c1)c1ccccc1. The van der Waals surface area contributed by atoms with Gasteiger partial charge in [-0.3, -0.25) is 14.5 Å². The maximum Gasteiger partial charge on any atom is 0.231 e. The molecule has 5 heteroatoms. The summed E-state index contributed by atoms with van der Waals surface area (Å²) in [7, 11) is 1.89. The van der Waals surface area contributed by atoms with Crippen LogP contribution in [0.3, 0.4) is 0 Å². The van der Waals surface area contributed by atoms with E-state index in [-0.39, 0.29) is 11.8 Å². The van der Waals surface area contributed by atoms with Crippen LogP contribution in [0.2, 0.25) is 0 Å². The first-order chi connectivity index (χ1) is 13.1. The first-order valence-corrected chi connectivity index (χ1v) is 8.85. The number of rotatable bonds is 4. The largest absolute Gasteiger partial charge is 0.326 e. The molecule has 134 valence electrons. The first-order valence-electron chi connectivity index (χ1n) is 8.85. The predicted molar refractivity (Wildman–Crippen MR) is 107 cm³/mol. The van der Waals surface area contributed by atoms with Crippen LogP contribution in [0.25, 0.3) is 22.0 Å². The molecule has 4 rings (SSSR count). The van der Waals surface area contributed by atoms with Crippen molar-refractivity contribution in [3.63, 3.8) is 0 Å². The van der Waals surface area contributed by atoms with Crippen molar-refractivity contribution in [2.75, 3.05) is 5.32 Å². The van der Waals surface area contributed by atoms with Crippen LogP contribution < -0.4 is 5.32 Å². The fourth-order valence-electron chi connectivity index (χ4n) is 3.08. The summed E-state index contributed by atoms with van der Waals surface area (Å²) >= 11 is 0. The third-order valence-electron chi connectivity index (χ3n) is 4.68. The van der Waals surface area contributed by atoms with Gasteiger partial charge in [-0.15, -0.1) is 0 Å². The van der Waals surface area contributed by atoms with E-state index in [0.717, 1.165) is 33.3 Å². The summed E-state index contributed by atoms with van der Waals surface area (Å²) in [6.45, 7) is 1.91. The maximum absolute atomic E-state index is 12.6. The standard InChI is InChI=1S/C22H20N4O/c1-15(16-6-4-3-5-7-16)22(27)25-20-8-9-21-17(11-20)10-18(12-23-21)19-13-24-26(2)14-19/h3-15H,1-2H3,(H,25,27). The quantitative estimate of drug-likeness (QED) is 0.590. The van der Waals surface area contributed by atoms with Gasteiger partial charge < -0.3 is 5.32 Å². The van der Waals surface area contributed by atoms with E-state index in [2.05, 4.69) is 21.5 Å². The molecule has 4 aromatic rings. The highest BCUT2D eigenvalue weighted by atomic mass is 16.1. The number of anilines is 1. The van der Waals surface area contributed by atoms with E-state index >= 15 is 0 Å². The molecule has 1 atom stereocenters. The van der Waals surface area contributed by atoms with E-state index in [1.807, 2.05) is 81.1 Å². The zero-order valence-electron chi connectivity index (χ0n) is 15.3. The number of fused-ring (bicyclic) bond motifs is 1. The van der Waals surface area contributed by atoms with Gasteiger partial charge in [0, 0.05) is 41.6 Å². The Labute approximate surface area is 157 Å². The van der Waals surface area contributed by atoms with Gasteiger partial charge in [0.1, 0.15) is 0 Å². The monoisotopic (exact) mass is 356 g/mol. The van der Waals surface area contributed by atoms with Gasteiger partial charge in [0.25, 0.3) is 0 Å². The lowest BCUT2D eigenvalue weighted by Crippen LogP contribution is -2.18. The van der Waals surface area contributed by atoms with Crippen molar-refractivity contribution in [1.82, 2.24) is 14.8 Å². The van der Waals surface area contributed by atoms with E-state index in [9.17, 15) is 4.79 Å². The van der Waals surface area contributed by atoms with Crippen molar-refractivity contribution in [3.05, 3.63) is 78.8 Å². The van der Waals surface area contributed by atoms with Crippen LogP contribution in [0.1, 0.15) is 18.4 Å². The molecule has 5 nitrogen and oxygen atoms in total. The van der Waals surface area contributed by atoms with E-state index in [1.165, 1.54) is 0 Å². The Balaban J connectivity index is 1.59. The molecule has 0 saturated heterocycles. The number of hydrogen-bond donors (Lipinski definition) is 1. The zero-order valence-corrected chi connectivity index (χ0v) is 15.3. The molecule has 0 fully saturated rings. The normalized spacial score (nSPS) is 12.1. The summed E-state index contributed by atoms with van der Waals surface area (Å²) in [5, 5.41) is 8.20. The van der Waals surface area contributed by atoms with E-state index < -0.39 is 0 Å². The second-order valence-corrected chi connectivity index (χ2v) is 6.66. The highest BCUT2D eigenvalue weighted by Gasteiger charge is 2.15. The second-order valence-electron chi connectivity index (χ2n) is 6.66. The first kappa shape index (κ1) is 17.0. The number of hydrogen-bond acceptors (Lipinski definition) is 3. The molecule has 0 spiro atoms. The minimum atomic E-state index is -0.221. The molecule has 1 amide bonds.